The lowest BCUT2D eigenvalue weighted by Gasteiger charge is -2.14. The van der Waals surface area contributed by atoms with Gasteiger partial charge in [0.2, 0.25) is 5.95 Å². The SMILES string of the molecule is C#Cc1ccc(-c2cn(-c3cccc(F)c3)c(NCc3ccc(C(F)(F)F)c(OC)c3)n2)cc1. The number of hydrogen-bond donors (Lipinski definition) is 1. The molecule has 0 spiro atoms. The predicted molar refractivity (Wildman–Crippen MR) is 122 cm³/mol. The molecule has 0 saturated carbocycles. The Morgan fingerprint density at radius 3 is 2.47 bits per heavy atom. The minimum atomic E-state index is -4.52. The molecular formula is C26H19F4N3O. The van der Waals surface area contributed by atoms with Gasteiger partial charge in [0.25, 0.3) is 0 Å². The van der Waals surface area contributed by atoms with Crippen molar-refractivity contribution in [3.8, 4) is 35.0 Å². The highest BCUT2D eigenvalue weighted by atomic mass is 19.4. The Morgan fingerprint density at radius 2 is 1.82 bits per heavy atom. The fourth-order valence-corrected chi connectivity index (χ4v) is 3.46. The topological polar surface area (TPSA) is 39.1 Å². The van der Waals surface area contributed by atoms with Gasteiger partial charge >= 0.3 is 6.18 Å². The van der Waals surface area contributed by atoms with Gasteiger partial charge in [-0.15, -0.1) is 6.42 Å². The molecule has 1 N–H and O–H groups in total. The Balaban J connectivity index is 1.67. The van der Waals surface area contributed by atoms with Crippen molar-refractivity contribution in [2.24, 2.45) is 0 Å². The minimum absolute atomic E-state index is 0.163. The van der Waals surface area contributed by atoms with Gasteiger partial charge in [-0.3, -0.25) is 4.57 Å². The molecule has 0 unspecified atom stereocenters. The second kappa shape index (κ2) is 9.32. The summed E-state index contributed by atoms with van der Waals surface area (Å²) in [6, 6.07) is 16.9. The van der Waals surface area contributed by atoms with Crippen molar-refractivity contribution in [2.45, 2.75) is 12.7 Å². The summed E-state index contributed by atoms with van der Waals surface area (Å²) in [5, 5.41) is 3.13. The summed E-state index contributed by atoms with van der Waals surface area (Å²) < 4.78 is 59.9. The van der Waals surface area contributed by atoms with E-state index in [1.54, 1.807) is 35.0 Å². The van der Waals surface area contributed by atoms with Crippen molar-refractivity contribution in [2.75, 3.05) is 12.4 Å². The van der Waals surface area contributed by atoms with Crippen LogP contribution in [0.3, 0.4) is 0 Å². The normalized spacial score (nSPS) is 11.2. The summed E-state index contributed by atoms with van der Waals surface area (Å²) in [7, 11) is 1.19. The average molecular weight is 465 g/mol. The molecule has 1 aromatic heterocycles. The van der Waals surface area contributed by atoms with Crippen molar-refractivity contribution >= 4 is 5.95 Å². The third-order valence-electron chi connectivity index (χ3n) is 5.16. The molecule has 3 aromatic carbocycles. The van der Waals surface area contributed by atoms with Crippen LogP contribution in [0.5, 0.6) is 5.75 Å². The van der Waals surface area contributed by atoms with Crippen LogP contribution in [-0.4, -0.2) is 16.7 Å². The molecular weight excluding hydrogens is 446 g/mol. The summed E-state index contributed by atoms with van der Waals surface area (Å²) in [5.41, 5.74) is 2.37. The number of benzene rings is 3. The molecule has 0 aliphatic heterocycles. The van der Waals surface area contributed by atoms with E-state index in [0.717, 1.165) is 17.2 Å². The highest BCUT2D eigenvalue weighted by molar-refractivity contribution is 5.63. The lowest BCUT2D eigenvalue weighted by atomic mass is 10.1. The number of alkyl halides is 3. The Bertz CT molecular complexity index is 1350. The zero-order valence-corrected chi connectivity index (χ0v) is 18.0. The van der Waals surface area contributed by atoms with E-state index in [0.29, 0.717) is 22.9 Å². The second-order valence-corrected chi connectivity index (χ2v) is 7.41. The van der Waals surface area contributed by atoms with Gasteiger partial charge in [-0.2, -0.15) is 13.2 Å². The van der Waals surface area contributed by atoms with E-state index >= 15 is 0 Å². The summed E-state index contributed by atoms with van der Waals surface area (Å²) in [6.45, 7) is 0.163. The van der Waals surface area contributed by atoms with Crippen molar-refractivity contribution in [1.82, 2.24) is 9.55 Å². The number of rotatable bonds is 6. The van der Waals surface area contributed by atoms with Gasteiger partial charge < -0.3 is 10.1 Å². The number of ether oxygens (including phenoxy) is 1. The Hall–Kier alpha value is -4.25. The molecule has 0 saturated heterocycles. The molecule has 4 rings (SSSR count). The highest BCUT2D eigenvalue weighted by Gasteiger charge is 2.34. The van der Waals surface area contributed by atoms with Crippen LogP contribution in [0.1, 0.15) is 16.7 Å². The molecule has 0 fully saturated rings. The minimum Gasteiger partial charge on any atom is -0.496 e. The van der Waals surface area contributed by atoms with Crippen LogP contribution in [0.25, 0.3) is 16.9 Å². The first kappa shape index (κ1) is 22.9. The van der Waals surface area contributed by atoms with Crippen LogP contribution >= 0.6 is 0 Å². The molecule has 0 atom stereocenters. The monoisotopic (exact) mass is 465 g/mol. The van der Waals surface area contributed by atoms with E-state index in [9.17, 15) is 17.6 Å². The van der Waals surface area contributed by atoms with Crippen LogP contribution in [0.2, 0.25) is 0 Å². The summed E-state index contributed by atoms with van der Waals surface area (Å²) in [6.07, 6.45) is 2.65. The Morgan fingerprint density at radius 1 is 1.06 bits per heavy atom. The molecule has 4 aromatic rings. The van der Waals surface area contributed by atoms with E-state index in [1.807, 2.05) is 12.1 Å². The van der Waals surface area contributed by atoms with Gasteiger partial charge in [-0.05, 0) is 48.0 Å². The number of nitrogens with zero attached hydrogens (tertiary/aromatic N) is 2. The maximum absolute atomic E-state index is 13.9. The summed E-state index contributed by atoms with van der Waals surface area (Å²) in [4.78, 5) is 4.62. The van der Waals surface area contributed by atoms with Crippen LogP contribution in [0.4, 0.5) is 23.5 Å². The maximum atomic E-state index is 13.9. The molecule has 1 heterocycles. The fraction of sp³-hybridized carbons (Fsp3) is 0.115. The van der Waals surface area contributed by atoms with Crippen molar-refractivity contribution in [1.29, 1.82) is 0 Å². The van der Waals surface area contributed by atoms with Gasteiger partial charge in [-0.1, -0.05) is 30.2 Å². The molecule has 0 radical (unpaired) electrons. The Kier molecular flexibility index (Phi) is 6.28. The standard InChI is InChI=1S/C26H19F4N3O/c1-3-17-7-10-19(11-8-17)23-16-33(21-6-4-5-20(27)14-21)25(32-23)31-15-18-9-12-22(26(28,29)30)24(13-18)34-2/h1,4-14,16H,15H2,2H3,(H,31,32). The summed E-state index contributed by atoms with van der Waals surface area (Å²) >= 11 is 0. The van der Waals surface area contributed by atoms with E-state index in [1.165, 1.54) is 31.4 Å². The number of methoxy groups -OCH3 is 1. The highest BCUT2D eigenvalue weighted by Crippen LogP contribution is 2.36. The smallest absolute Gasteiger partial charge is 0.419 e. The van der Waals surface area contributed by atoms with Crippen LogP contribution in [-0.2, 0) is 12.7 Å². The number of terminal acetylenes is 1. The van der Waals surface area contributed by atoms with Gasteiger partial charge in [0.05, 0.1) is 24.1 Å². The first-order chi connectivity index (χ1) is 16.3. The quantitative estimate of drug-likeness (QED) is 0.268. The molecule has 8 heteroatoms. The van der Waals surface area contributed by atoms with Gasteiger partial charge in [-0.25, -0.2) is 9.37 Å². The number of imidazole rings is 1. The molecule has 0 amide bonds. The van der Waals surface area contributed by atoms with E-state index in [2.05, 4.69) is 16.2 Å². The zero-order chi connectivity index (χ0) is 24.3. The lowest BCUT2D eigenvalue weighted by Crippen LogP contribution is -2.10. The molecule has 0 aliphatic rings. The third-order valence-corrected chi connectivity index (χ3v) is 5.16. The number of anilines is 1. The number of nitrogens with one attached hydrogen (secondary N) is 1. The first-order valence-corrected chi connectivity index (χ1v) is 10.2. The molecule has 34 heavy (non-hydrogen) atoms. The zero-order valence-electron chi connectivity index (χ0n) is 18.0. The average Bonchev–Trinajstić information content (AvgIpc) is 3.26. The molecule has 172 valence electrons. The van der Waals surface area contributed by atoms with E-state index in [-0.39, 0.29) is 12.3 Å². The number of hydrogen-bond acceptors (Lipinski definition) is 3. The molecule has 0 bridgehead atoms. The van der Waals surface area contributed by atoms with E-state index < -0.39 is 17.6 Å². The number of halogens is 4. The van der Waals surface area contributed by atoms with Crippen LogP contribution < -0.4 is 10.1 Å². The van der Waals surface area contributed by atoms with Crippen LogP contribution in [0.15, 0.2) is 72.9 Å². The molecule has 4 nitrogen and oxygen atoms in total. The van der Waals surface area contributed by atoms with Crippen LogP contribution in [0, 0.1) is 18.2 Å². The first-order valence-electron chi connectivity index (χ1n) is 10.2. The van der Waals surface area contributed by atoms with Crippen molar-refractivity contribution < 1.29 is 22.3 Å². The Labute approximate surface area is 193 Å². The van der Waals surface area contributed by atoms with E-state index in [4.69, 9.17) is 11.2 Å². The summed E-state index contributed by atoms with van der Waals surface area (Å²) in [5.74, 6) is 2.26. The van der Waals surface area contributed by atoms with Crippen molar-refractivity contribution in [3.05, 3.63) is 95.4 Å². The van der Waals surface area contributed by atoms with Gasteiger partial charge in [0.1, 0.15) is 11.6 Å². The third kappa shape index (κ3) is 4.89. The predicted octanol–water partition coefficient (Wildman–Crippen LogP) is 6.30. The van der Waals surface area contributed by atoms with Gasteiger partial charge in [0.15, 0.2) is 0 Å². The number of aromatic nitrogens is 2. The maximum Gasteiger partial charge on any atom is 0.419 e. The fourth-order valence-electron chi connectivity index (χ4n) is 3.46. The largest absolute Gasteiger partial charge is 0.496 e. The van der Waals surface area contributed by atoms with Gasteiger partial charge in [0, 0.05) is 23.9 Å². The lowest BCUT2D eigenvalue weighted by molar-refractivity contribution is -0.138. The molecule has 0 aliphatic carbocycles. The second-order valence-electron chi connectivity index (χ2n) is 7.41. The van der Waals surface area contributed by atoms with Crippen molar-refractivity contribution in [3.63, 3.8) is 0 Å².